The van der Waals surface area contributed by atoms with E-state index in [1.54, 1.807) is 12.1 Å². The van der Waals surface area contributed by atoms with Crippen molar-refractivity contribution in [3.05, 3.63) is 45.8 Å². The first-order valence-electron chi connectivity index (χ1n) is 10.0. The third-order valence-corrected chi connectivity index (χ3v) is 8.14. The van der Waals surface area contributed by atoms with Gasteiger partial charge in [0.1, 0.15) is 11.5 Å². The number of nitrogens with two attached hydrogens (primary N) is 1. The Bertz CT molecular complexity index is 1140. The van der Waals surface area contributed by atoms with Crippen LogP contribution in [0.3, 0.4) is 0 Å². The summed E-state index contributed by atoms with van der Waals surface area (Å²) < 4.78 is 30.9. The molecule has 0 radical (unpaired) electrons. The number of ether oxygens (including phenoxy) is 1. The summed E-state index contributed by atoms with van der Waals surface area (Å²) >= 11 is 1.30. The van der Waals surface area contributed by atoms with Crippen LogP contribution in [0.2, 0.25) is 0 Å². The van der Waals surface area contributed by atoms with Crippen molar-refractivity contribution in [2.24, 2.45) is 5.73 Å². The summed E-state index contributed by atoms with van der Waals surface area (Å²) in [6.07, 6.45) is 3.52. The summed E-state index contributed by atoms with van der Waals surface area (Å²) in [7, 11) is -2.62. The monoisotopic (exact) mass is 479 g/mol. The highest BCUT2D eigenvalue weighted by Crippen LogP contribution is 2.37. The highest BCUT2D eigenvalue weighted by molar-refractivity contribution is 7.89. The molecule has 0 bridgehead atoms. The third-order valence-electron chi connectivity index (χ3n) is 5.12. The number of benzene rings is 1. The van der Waals surface area contributed by atoms with Gasteiger partial charge >= 0.3 is 5.97 Å². The Morgan fingerprint density at radius 1 is 1.16 bits per heavy atom. The number of esters is 1. The molecule has 0 fully saturated rings. The van der Waals surface area contributed by atoms with Gasteiger partial charge in [0.15, 0.2) is 6.61 Å². The minimum Gasteiger partial charge on any atom is -0.455 e. The second-order valence-corrected chi connectivity index (χ2v) is 10.7. The molecule has 32 heavy (non-hydrogen) atoms. The van der Waals surface area contributed by atoms with Gasteiger partial charge in [-0.1, -0.05) is 17.7 Å². The van der Waals surface area contributed by atoms with Crippen LogP contribution in [0.5, 0.6) is 0 Å². The fraction of sp³-hybridized carbons (Fsp3) is 0.381. The molecule has 2 aromatic rings. The molecular formula is C21H25N3O6S2. The maximum atomic E-state index is 12.6. The molecule has 11 heteroatoms. The van der Waals surface area contributed by atoms with Crippen LogP contribution in [0.25, 0.3) is 0 Å². The molecule has 0 saturated heterocycles. The smallest absolute Gasteiger partial charge is 0.321 e. The summed E-state index contributed by atoms with van der Waals surface area (Å²) in [6, 6.07) is 6.23. The van der Waals surface area contributed by atoms with Gasteiger partial charge < -0.3 is 15.8 Å². The van der Waals surface area contributed by atoms with E-state index in [4.69, 9.17) is 10.5 Å². The lowest BCUT2D eigenvalue weighted by atomic mass is 9.95. The van der Waals surface area contributed by atoms with Gasteiger partial charge in [-0.15, -0.1) is 11.3 Å². The Morgan fingerprint density at radius 3 is 2.47 bits per heavy atom. The Kier molecular flexibility index (Phi) is 7.32. The number of hydrogen-bond acceptors (Lipinski definition) is 7. The average molecular weight is 480 g/mol. The number of nitrogens with one attached hydrogen (secondary N) is 1. The van der Waals surface area contributed by atoms with Crippen LogP contribution in [0, 0.1) is 6.92 Å². The van der Waals surface area contributed by atoms with Gasteiger partial charge in [-0.25, -0.2) is 8.42 Å². The summed E-state index contributed by atoms with van der Waals surface area (Å²) in [5.74, 6) is -2.12. The minimum atomic E-state index is -3.87. The van der Waals surface area contributed by atoms with Gasteiger partial charge in [-0.05, 0) is 50.3 Å². The molecule has 0 aliphatic heterocycles. The number of carbonyl (C=O) groups excluding carboxylic acids is 3. The summed E-state index contributed by atoms with van der Waals surface area (Å²) in [5.41, 5.74) is 7.60. The van der Waals surface area contributed by atoms with E-state index in [1.807, 2.05) is 6.92 Å². The highest BCUT2D eigenvalue weighted by atomic mass is 32.2. The number of fused-ring (bicyclic) bond motifs is 1. The first-order valence-corrected chi connectivity index (χ1v) is 12.3. The molecule has 1 aromatic carbocycles. The van der Waals surface area contributed by atoms with Crippen molar-refractivity contribution in [1.82, 2.24) is 4.31 Å². The van der Waals surface area contributed by atoms with E-state index in [1.165, 1.54) is 30.5 Å². The molecule has 0 saturated carbocycles. The predicted octanol–water partition coefficient (Wildman–Crippen LogP) is 1.84. The number of aryl methyl sites for hydroxylation is 2. The number of likely N-dealkylation sites (N-methyl/N-ethyl adjacent to an activating group) is 1. The van der Waals surface area contributed by atoms with Crippen LogP contribution in [-0.2, 0) is 37.2 Å². The van der Waals surface area contributed by atoms with Gasteiger partial charge in [-0.2, -0.15) is 4.31 Å². The van der Waals surface area contributed by atoms with Gasteiger partial charge in [0.25, 0.3) is 11.8 Å². The molecule has 0 spiro atoms. The number of rotatable bonds is 8. The number of sulfonamides is 1. The van der Waals surface area contributed by atoms with E-state index < -0.39 is 41.0 Å². The standard InChI is InChI=1S/C21H25N3O6S2/c1-13-7-9-14(10-8-13)32(28,29)24(2)11-18(26)30-12-17(25)23-21-19(20(22)27)15-5-3-4-6-16(15)31-21/h7-10H,3-6,11-12H2,1-2H3,(H2,22,27)(H,23,25). The molecule has 0 atom stereocenters. The molecule has 3 rings (SSSR count). The lowest BCUT2D eigenvalue weighted by Crippen LogP contribution is -2.34. The van der Waals surface area contributed by atoms with Gasteiger partial charge in [0.2, 0.25) is 10.0 Å². The maximum Gasteiger partial charge on any atom is 0.321 e. The largest absolute Gasteiger partial charge is 0.455 e. The van der Waals surface area contributed by atoms with Crippen molar-refractivity contribution in [3.8, 4) is 0 Å². The van der Waals surface area contributed by atoms with E-state index >= 15 is 0 Å². The average Bonchev–Trinajstić information content (AvgIpc) is 3.10. The molecule has 1 aliphatic carbocycles. The summed E-state index contributed by atoms with van der Waals surface area (Å²) in [4.78, 5) is 37.3. The van der Waals surface area contributed by atoms with E-state index in [0.717, 1.165) is 46.0 Å². The Morgan fingerprint density at radius 2 is 1.81 bits per heavy atom. The molecule has 1 aromatic heterocycles. The van der Waals surface area contributed by atoms with Crippen LogP contribution >= 0.6 is 11.3 Å². The molecule has 172 valence electrons. The topological polar surface area (TPSA) is 136 Å². The third kappa shape index (κ3) is 5.34. The molecule has 1 heterocycles. The van der Waals surface area contributed by atoms with Crippen LogP contribution < -0.4 is 11.1 Å². The quantitative estimate of drug-likeness (QED) is 0.555. The summed E-state index contributed by atoms with van der Waals surface area (Å²) in [6.45, 7) is 0.668. The first kappa shape index (κ1) is 23.9. The number of primary amides is 1. The number of amides is 2. The Balaban J connectivity index is 1.57. The zero-order chi connectivity index (χ0) is 23.5. The normalized spacial score (nSPS) is 13.5. The second kappa shape index (κ2) is 9.80. The van der Waals surface area contributed by atoms with E-state index in [0.29, 0.717) is 10.6 Å². The van der Waals surface area contributed by atoms with Crippen LogP contribution in [-0.4, -0.2) is 50.7 Å². The van der Waals surface area contributed by atoms with Crippen molar-refractivity contribution in [2.45, 2.75) is 37.5 Å². The minimum absolute atomic E-state index is 0.0526. The van der Waals surface area contributed by atoms with Crippen molar-refractivity contribution in [2.75, 3.05) is 25.5 Å². The number of nitrogens with zero attached hydrogens (tertiary/aromatic N) is 1. The van der Waals surface area contributed by atoms with Crippen LogP contribution in [0.15, 0.2) is 29.2 Å². The number of anilines is 1. The van der Waals surface area contributed by atoms with E-state index in [-0.39, 0.29) is 4.90 Å². The van der Waals surface area contributed by atoms with E-state index in [9.17, 15) is 22.8 Å². The molecule has 1 aliphatic rings. The lowest BCUT2D eigenvalue weighted by molar-refractivity contribution is -0.147. The van der Waals surface area contributed by atoms with E-state index in [2.05, 4.69) is 5.32 Å². The zero-order valence-corrected chi connectivity index (χ0v) is 19.5. The zero-order valence-electron chi connectivity index (χ0n) is 17.8. The molecule has 3 N–H and O–H groups in total. The number of hydrogen-bond donors (Lipinski definition) is 2. The van der Waals surface area contributed by atoms with Gasteiger partial charge in [0, 0.05) is 11.9 Å². The highest BCUT2D eigenvalue weighted by Gasteiger charge is 2.26. The SMILES string of the molecule is Cc1ccc(S(=O)(=O)N(C)CC(=O)OCC(=O)Nc2sc3c(c2C(N)=O)CCCC3)cc1. The van der Waals surface area contributed by atoms with Crippen LogP contribution in [0.4, 0.5) is 5.00 Å². The molecule has 0 unspecified atom stereocenters. The fourth-order valence-corrected chi connectivity index (χ4v) is 5.85. The molecular weight excluding hydrogens is 454 g/mol. The van der Waals surface area contributed by atoms with Crippen molar-refractivity contribution < 1.29 is 27.5 Å². The second-order valence-electron chi connectivity index (χ2n) is 7.56. The lowest BCUT2D eigenvalue weighted by Gasteiger charge is -2.16. The van der Waals surface area contributed by atoms with Gasteiger partial charge in [0.05, 0.1) is 10.5 Å². The molecule has 2 amide bonds. The maximum absolute atomic E-state index is 12.6. The predicted molar refractivity (Wildman–Crippen MR) is 120 cm³/mol. The fourth-order valence-electron chi connectivity index (χ4n) is 3.43. The molecule has 9 nitrogen and oxygen atoms in total. The Hall–Kier alpha value is -2.76. The van der Waals surface area contributed by atoms with Crippen LogP contribution in [0.1, 0.15) is 39.2 Å². The number of thiophene rings is 1. The Labute approximate surface area is 190 Å². The van der Waals surface area contributed by atoms with Gasteiger partial charge in [-0.3, -0.25) is 14.4 Å². The van der Waals surface area contributed by atoms with Crippen molar-refractivity contribution in [1.29, 1.82) is 0 Å². The first-order chi connectivity index (χ1) is 15.1. The van der Waals surface area contributed by atoms with Crippen molar-refractivity contribution in [3.63, 3.8) is 0 Å². The number of carbonyl (C=O) groups is 3. The summed E-state index contributed by atoms with van der Waals surface area (Å²) in [5, 5.41) is 2.94. The van der Waals surface area contributed by atoms with Crippen molar-refractivity contribution >= 4 is 44.1 Å².